The van der Waals surface area contributed by atoms with Gasteiger partial charge in [0, 0.05) is 24.9 Å². The average molecular weight is 323 g/mol. The average Bonchev–Trinajstić information content (AvgIpc) is 3.00. The van der Waals surface area contributed by atoms with Crippen molar-refractivity contribution in [2.75, 3.05) is 19.6 Å². The molecule has 2 aliphatic rings. The highest BCUT2D eigenvalue weighted by atomic mass is 35.5. The van der Waals surface area contributed by atoms with Gasteiger partial charge in [0.1, 0.15) is 0 Å². The topological polar surface area (TPSA) is 46.3 Å². The molecule has 1 aromatic carbocycles. The van der Waals surface area contributed by atoms with Gasteiger partial charge in [-0.15, -0.1) is 12.4 Å². The van der Waals surface area contributed by atoms with E-state index in [1.807, 2.05) is 6.07 Å². The normalized spacial score (nSPS) is 25.8. The summed E-state index contributed by atoms with van der Waals surface area (Å²) in [4.78, 5) is 14.8. The van der Waals surface area contributed by atoms with Crippen molar-refractivity contribution in [1.29, 1.82) is 0 Å². The van der Waals surface area contributed by atoms with Crippen LogP contribution in [-0.2, 0) is 4.79 Å². The van der Waals surface area contributed by atoms with E-state index in [0.717, 1.165) is 25.9 Å². The lowest BCUT2D eigenvalue weighted by molar-refractivity contribution is -0.135. The maximum absolute atomic E-state index is 12.7. The highest BCUT2D eigenvalue weighted by Gasteiger charge is 2.37. The van der Waals surface area contributed by atoms with Gasteiger partial charge in [0.05, 0.1) is 0 Å². The van der Waals surface area contributed by atoms with Crippen LogP contribution in [0.3, 0.4) is 0 Å². The summed E-state index contributed by atoms with van der Waals surface area (Å²) in [5, 5.41) is 0. The molecule has 122 valence electrons. The molecule has 2 fully saturated rings. The first-order valence-electron chi connectivity index (χ1n) is 8.33. The van der Waals surface area contributed by atoms with Crippen LogP contribution in [0.5, 0.6) is 0 Å². The van der Waals surface area contributed by atoms with Crippen LogP contribution in [0.4, 0.5) is 0 Å². The summed E-state index contributed by atoms with van der Waals surface area (Å²) in [7, 11) is 0. The number of carbonyl (C=O) groups is 1. The molecule has 1 heterocycles. The van der Waals surface area contributed by atoms with Crippen molar-refractivity contribution in [2.45, 2.75) is 38.0 Å². The molecule has 0 aromatic heterocycles. The van der Waals surface area contributed by atoms with E-state index in [4.69, 9.17) is 5.73 Å². The van der Waals surface area contributed by atoms with E-state index in [1.165, 1.54) is 24.8 Å². The molecule has 1 amide bonds. The minimum absolute atomic E-state index is 0. The Labute approximate surface area is 139 Å². The van der Waals surface area contributed by atoms with Crippen LogP contribution in [0.1, 0.15) is 43.6 Å². The van der Waals surface area contributed by atoms with Crippen molar-refractivity contribution in [2.24, 2.45) is 17.6 Å². The third-order valence-electron chi connectivity index (χ3n) is 5.24. The molecule has 0 radical (unpaired) electrons. The molecule has 3 nitrogen and oxygen atoms in total. The zero-order valence-electron chi connectivity index (χ0n) is 13.1. The number of amides is 1. The van der Waals surface area contributed by atoms with E-state index < -0.39 is 0 Å². The Bertz CT molecular complexity index is 473. The van der Waals surface area contributed by atoms with E-state index in [2.05, 4.69) is 29.2 Å². The summed E-state index contributed by atoms with van der Waals surface area (Å²) in [6.45, 7) is 2.35. The second kappa shape index (κ2) is 7.98. The van der Waals surface area contributed by atoms with Gasteiger partial charge in [-0.05, 0) is 30.9 Å². The fourth-order valence-electron chi connectivity index (χ4n) is 3.98. The van der Waals surface area contributed by atoms with Crippen molar-refractivity contribution >= 4 is 18.3 Å². The molecular formula is C18H27ClN2O. The molecule has 1 saturated carbocycles. The molecular weight excluding hydrogens is 296 g/mol. The van der Waals surface area contributed by atoms with Crippen LogP contribution in [0.15, 0.2) is 30.3 Å². The van der Waals surface area contributed by atoms with Crippen molar-refractivity contribution in [3.05, 3.63) is 35.9 Å². The van der Waals surface area contributed by atoms with Gasteiger partial charge in [-0.25, -0.2) is 0 Å². The lowest BCUT2D eigenvalue weighted by atomic mass is 9.88. The highest BCUT2D eigenvalue weighted by Crippen LogP contribution is 2.34. The van der Waals surface area contributed by atoms with E-state index in [1.54, 1.807) is 0 Å². The van der Waals surface area contributed by atoms with Crippen LogP contribution in [-0.4, -0.2) is 30.4 Å². The molecule has 3 rings (SSSR count). The quantitative estimate of drug-likeness (QED) is 0.929. The zero-order valence-corrected chi connectivity index (χ0v) is 13.9. The number of carbonyl (C=O) groups excluding carboxylic acids is 1. The Morgan fingerprint density at radius 2 is 1.77 bits per heavy atom. The van der Waals surface area contributed by atoms with Crippen LogP contribution in [0.2, 0.25) is 0 Å². The van der Waals surface area contributed by atoms with Crippen molar-refractivity contribution in [1.82, 2.24) is 4.90 Å². The molecule has 1 saturated heterocycles. The summed E-state index contributed by atoms with van der Waals surface area (Å²) in [6.07, 6.45) is 5.89. The molecule has 4 heteroatoms. The Morgan fingerprint density at radius 3 is 2.41 bits per heavy atom. The fourth-order valence-corrected chi connectivity index (χ4v) is 3.98. The third-order valence-corrected chi connectivity index (χ3v) is 5.24. The van der Waals surface area contributed by atoms with Crippen molar-refractivity contribution in [3.8, 4) is 0 Å². The van der Waals surface area contributed by atoms with Gasteiger partial charge >= 0.3 is 0 Å². The number of hydrogen-bond acceptors (Lipinski definition) is 2. The molecule has 2 atom stereocenters. The number of nitrogens with zero attached hydrogens (tertiary/aromatic N) is 1. The van der Waals surface area contributed by atoms with Gasteiger partial charge < -0.3 is 10.6 Å². The predicted octanol–water partition coefficient (Wildman–Crippen LogP) is 3.19. The second-order valence-corrected chi connectivity index (χ2v) is 6.59. The van der Waals surface area contributed by atoms with E-state index in [-0.39, 0.29) is 18.3 Å². The molecule has 22 heavy (non-hydrogen) atoms. The molecule has 1 aliphatic carbocycles. The largest absolute Gasteiger partial charge is 0.341 e. The Kier molecular flexibility index (Phi) is 6.27. The molecule has 0 bridgehead atoms. The monoisotopic (exact) mass is 322 g/mol. The number of benzene rings is 1. The Morgan fingerprint density at radius 1 is 1.09 bits per heavy atom. The molecule has 1 aromatic rings. The van der Waals surface area contributed by atoms with Crippen LogP contribution < -0.4 is 5.73 Å². The lowest BCUT2D eigenvalue weighted by Crippen LogP contribution is -2.36. The van der Waals surface area contributed by atoms with Gasteiger partial charge in [0.2, 0.25) is 5.91 Å². The van der Waals surface area contributed by atoms with Crippen molar-refractivity contribution in [3.63, 3.8) is 0 Å². The minimum atomic E-state index is 0. The van der Waals surface area contributed by atoms with Crippen LogP contribution >= 0.6 is 12.4 Å². The molecule has 1 aliphatic heterocycles. The maximum Gasteiger partial charge on any atom is 0.225 e. The summed E-state index contributed by atoms with van der Waals surface area (Å²) >= 11 is 0. The fraction of sp³-hybridized carbons (Fsp3) is 0.611. The SMILES string of the molecule is Cl.NC[C@@H]1CN(C(=O)C2CCCCC2)C[C@H]1c1ccccc1. The zero-order chi connectivity index (χ0) is 14.7. The summed E-state index contributed by atoms with van der Waals surface area (Å²) in [5.74, 6) is 1.46. The van der Waals surface area contributed by atoms with Gasteiger partial charge in [-0.1, -0.05) is 49.6 Å². The van der Waals surface area contributed by atoms with Gasteiger partial charge in [0.15, 0.2) is 0 Å². The van der Waals surface area contributed by atoms with E-state index in [9.17, 15) is 4.79 Å². The highest BCUT2D eigenvalue weighted by molar-refractivity contribution is 5.85. The summed E-state index contributed by atoms with van der Waals surface area (Å²) in [5.41, 5.74) is 7.29. The van der Waals surface area contributed by atoms with Crippen molar-refractivity contribution < 1.29 is 4.79 Å². The number of hydrogen-bond donors (Lipinski definition) is 1. The van der Waals surface area contributed by atoms with Gasteiger partial charge in [-0.2, -0.15) is 0 Å². The number of likely N-dealkylation sites (tertiary alicyclic amines) is 1. The first kappa shape index (κ1) is 17.3. The lowest BCUT2D eigenvalue weighted by Gasteiger charge is -2.26. The minimum Gasteiger partial charge on any atom is -0.341 e. The van der Waals surface area contributed by atoms with Crippen LogP contribution in [0, 0.1) is 11.8 Å². The standard InChI is InChI=1S/C18H26N2O.ClH/c19-11-16-12-20(18(21)15-9-5-2-6-10-15)13-17(16)14-7-3-1-4-8-14;/h1,3-4,7-8,15-17H,2,5-6,9-13,19H2;1H/t16-,17+;/m1./s1. The van der Waals surface area contributed by atoms with E-state index in [0.29, 0.717) is 24.3 Å². The first-order chi connectivity index (χ1) is 10.3. The van der Waals surface area contributed by atoms with E-state index >= 15 is 0 Å². The first-order valence-corrected chi connectivity index (χ1v) is 8.33. The maximum atomic E-state index is 12.7. The molecule has 0 spiro atoms. The summed E-state index contributed by atoms with van der Waals surface area (Å²) < 4.78 is 0. The molecule has 2 N–H and O–H groups in total. The third kappa shape index (κ3) is 3.64. The number of rotatable bonds is 3. The smallest absolute Gasteiger partial charge is 0.225 e. The summed E-state index contributed by atoms with van der Waals surface area (Å²) in [6, 6.07) is 10.5. The molecule has 0 unspecified atom stereocenters. The number of nitrogens with two attached hydrogens (primary N) is 1. The Hall–Kier alpha value is -1.06. The predicted molar refractivity (Wildman–Crippen MR) is 92.1 cm³/mol. The number of halogens is 1. The van der Waals surface area contributed by atoms with Gasteiger partial charge in [-0.3, -0.25) is 4.79 Å². The van der Waals surface area contributed by atoms with Crippen LogP contribution in [0.25, 0.3) is 0 Å². The Balaban J connectivity index is 0.00000176. The second-order valence-electron chi connectivity index (χ2n) is 6.59. The van der Waals surface area contributed by atoms with Gasteiger partial charge in [0.25, 0.3) is 0 Å².